The summed E-state index contributed by atoms with van der Waals surface area (Å²) in [6.45, 7) is 4.89. The number of rotatable bonds is 4. The summed E-state index contributed by atoms with van der Waals surface area (Å²) in [4.78, 5) is 11.6. The van der Waals surface area contributed by atoms with Crippen molar-refractivity contribution >= 4 is 29.2 Å². The average molecular weight is 319 g/mol. The molecule has 0 aromatic heterocycles. The minimum atomic E-state index is -0.898. The highest BCUT2D eigenvalue weighted by molar-refractivity contribution is 6.35. The molecule has 0 unspecified atom stereocenters. The maximum atomic E-state index is 11.6. The Bertz CT molecular complexity index is 510. The number of carbonyl (C=O) groups excluding carboxylic acids is 1. The third-order valence-corrected chi connectivity index (χ3v) is 3.77. The van der Waals surface area contributed by atoms with E-state index in [9.17, 15) is 4.79 Å². The molecule has 6 heteroatoms. The van der Waals surface area contributed by atoms with Gasteiger partial charge in [0.2, 0.25) is 0 Å². The van der Waals surface area contributed by atoms with E-state index < -0.39 is 5.79 Å². The molecule has 1 aromatic rings. The van der Waals surface area contributed by atoms with E-state index in [0.717, 1.165) is 0 Å². The fourth-order valence-electron chi connectivity index (χ4n) is 2.11. The van der Waals surface area contributed by atoms with Crippen molar-refractivity contribution < 1.29 is 19.0 Å². The molecule has 0 bridgehead atoms. The summed E-state index contributed by atoms with van der Waals surface area (Å²) >= 11 is 12.3. The number of hydrogen-bond acceptors (Lipinski definition) is 4. The van der Waals surface area contributed by atoms with E-state index in [1.54, 1.807) is 26.0 Å². The number of ether oxygens (including phenoxy) is 3. The summed E-state index contributed by atoms with van der Waals surface area (Å²) in [5, 5.41) is 0.875. The number of carbonyl (C=O) groups is 1. The zero-order valence-electron chi connectivity index (χ0n) is 11.4. The zero-order valence-corrected chi connectivity index (χ0v) is 12.9. The van der Waals surface area contributed by atoms with Crippen LogP contribution in [0.2, 0.25) is 10.0 Å². The van der Waals surface area contributed by atoms with Crippen LogP contribution in [-0.2, 0) is 31.2 Å². The van der Waals surface area contributed by atoms with Crippen LogP contribution < -0.4 is 0 Å². The summed E-state index contributed by atoms with van der Waals surface area (Å²) in [6, 6.07) is 3.34. The van der Waals surface area contributed by atoms with Crippen molar-refractivity contribution in [3.8, 4) is 0 Å². The highest BCUT2D eigenvalue weighted by Gasteiger charge is 2.35. The Balaban J connectivity index is 2.32. The van der Waals surface area contributed by atoms with Gasteiger partial charge < -0.3 is 14.2 Å². The van der Waals surface area contributed by atoms with Crippen LogP contribution in [0, 0.1) is 0 Å². The number of benzene rings is 1. The van der Waals surface area contributed by atoms with Crippen LogP contribution in [0.25, 0.3) is 0 Å². The normalized spacial score (nSPS) is 17.2. The molecular weight excluding hydrogens is 303 g/mol. The van der Waals surface area contributed by atoms with E-state index in [0.29, 0.717) is 41.0 Å². The quantitative estimate of drug-likeness (QED) is 0.799. The molecule has 0 atom stereocenters. The van der Waals surface area contributed by atoms with Crippen LogP contribution in [0.1, 0.15) is 25.0 Å². The van der Waals surface area contributed by atoms with Crippen molar-refractivity contribution in [3.05, 3.63) is 33.3 Å². The lowest BCUT2D eigenvalue weighted by atomic mass is 10.0. The molecule has 1 aliphatic heterocycles. The molecule has 1 aromatic carbocycles. The van der Waals surface area contributed by atoms with E-state index in [2.05, 4.69) is 0 Å². The number of esters is 1. The molecule has 0 N–H and O–H groups in total. The third-order valence-electron chi connectivity index (χ3n) is 3.10. The lowest BCUT2D eigenvalue weighted by Crippen LogP contribution is -2.23. The second-order valence-electron chi connectivity index (χ2n) is 4.55. The summed E-state index contributed by atoms with van der Waals surface area (Å²) in [5.74, 6) is -1.23. The summed E-state index contributed by atoms with van der Waals surface area (Å²) in [7, 11) is 0. The van der Waals surface area contributed by atoms with Gasteiger partial charge in [-0.05, 0) is 31.5 Å². The fraction of sp³-hybridized carbons (Fsp3) is 0.500. The molecule has 1 saturated heterocycles. The van der Waals surface area contributed by atoms with Gasteiger partial charge in [-0.15, -0.1) is 0 Å². The van der Waals surface area contributed by atoms with Gasteiger partial charge in [-0.2, -0.15) is 0 Å². The Kier molecular flexibility index (Phi) is 4.91. The molecule has 0 amide bonds. The molecule has 2 rings (SSSR count). The maximum Gasteiger partial charge on any atom is 0.310 e. The van der Waals surface area contributed by atoms with E-state index in [4.69, 9.17) is 37.4 Å². The number of halogens is 2. The van der Waals surface area contributed by atoms with Crippen LogP contribution in [0.5, 0.6) is 0 Å². The van der Waals surface area contributed by atoms with Crippen LogP contribution in [-0.4, -0.2) is 25.8 Å². The first-order valence-corrected chi connectivity index (χ1v) is 7.14. The fourth-order valence-corrected chi connectivity index (χ4v) is 2.74. The van der Waals surface area contributed by atoms with Crippen LogP contribution in [0.15, 0.2) is 12.1 Å². The molecule has 0 saturated carbocycles. The molecule has 0 radical (unpaired) electrons. The van der Waals surface area contributed by atoms with E-state index in [-0.39, 0.29) is 12.4 Å². The molecule has 4 nitrogen and oxygen atoms in total. The van der Waals surface area contributed by atoms with Gasteiger partial charge >= 0.3 is 5.97 Å². The molecule has 20 heavy (non-hydrogen) atoms. The van der Waals surface area contributed by atoms with Crippen molar-refractivity contribution in [1.29, 1.82) is 0 Å². The van der Waals surface area contributed by atoms with Crippen molar-refractivity contribution in [1.82, 2.24) is 0 Å². The van der Waals surface area contributed by atoms with Crippen molar-refractivity contribution in [2.45, 2.75) is 26.1 Å². The highest BCUT2D eigenvalue weighted by atomic mass is 35.5. The molecule has 1 aliphatic rings. The lowest BCUT2D eigenvalue weighted by molar-refractivity contribution is -0.149. The Labute approximate surface area is 127 Å². The van der Waals surface area contributed by atoms with E-state index >= 15 is 0 Å². The molecule has 0 aliphatic carbocycles. The summed E-state index contributed by atoms with van der Waals surface area (Å²) in [6.07, 6.45) is 0.0902. The Morgan fingerprint density at radius 3 is 2.55 bits per heavy atom. The van der Waals surface area contributed by atoms with Crippen molar-refractivity contribution in [2.75, 3.05) is 19.8 Å². The predicted octanol–water partition coefficient (Wildman–Crippen LogP) is 3.32. The Morgan fingerprint density at radius 1 is 1.30 bits per heavy atom. The predicted molar refractivity (Wildman–Crippen MR) is 76.1 cm³/mol. The topological polar surface area (TPSA) is 44.8 Å². The SMILES string of the molecule is CCOC(=O)Cc1cc(C2(C)OCCO2)c(Cl)cc1Cl. The monoisotopic (exact) mass is 318 g/mol. The van der Waals surface area contributed by atoms with Gasteiger partial charge in [-0.1, -0.05) is 23.2 Å². The maximum absolute atomic E-state index is 11.6. The van der Waals surface area contributed by atoms with E-state index in [1.807, 2.05) is 0 Å². The van der Waals surface area contributed by atoms with Crippen LogP contribution >= 0.6 is 23.2 Å². The van der Waals surface area contributed by atoms with Gasteiger partial charge in [-0.25, -0.2) is 0 Å². The Morgan fingerprint density at radius 2 is 1.95 bits per heavy atom. The molecule has 1 heterocycles. The first-order valence-electron chi connectivity index (χ1n) is 6.38. The lowest BCUT2D eigenvalue weighted by Gasteiger charge is -2.24. The minimum absolute atomic E-state index is 0.0902. The second-order valence-corrected chi connectivity index (χ2v) is 5.36. The van der Waals surface area contributed by atoms with Crippen molar-refractivity contribution in [3.63, 3.8) is 0 Å². The zero-order chi connectivity index (χ0) is 14.8. The summed E-state index contributed by atoms with van der Waals surface area (Å²) in [5.41, 5.74) is 1.31. The second kappa shape index (κ2) is 6.31. The molecule has 0 spiro atoms. The van der Waals surface area contributed by atoms with Gasteiger partial charge in [0.15, 0.2) is 5.79 Å². The smallest absolute Gasteiger partial charge is 0.310 e. The molecule has 110 valence electrons. The number of hydrogen-bond donors (Lipinski definition) is 0. The molecule has 1 fully saturated rings. The summed E-state index contributed by atoms with van der Waals surface area (Å²) < 4.78 is 16.1. The van der Waals surface area contributed by atoms with Gasteiger partial charge in [-0.3, -0.25) is 4.79 Å². The highest BCUT2D eigenvalue weighted by Crippen LogP contribution is 2.38. The minimum Gasteiger partial charge on any atom is -0.466 e. The largest absolute Gasteiger partial charge is 0.466 e. The van der Waals surface area contributed by atoms with Gasteiger partial charge in [0.25, 0.3) is 0 Å². The van der Waals surface area contributed by atoms with Gasteiger partial charge in [0, 0.05) is 10.6 Å². The first kappa shape index (κ1) is 15.6. The average Bonchev–Trinajstić information content (AvgIpc) is 2.81. The standard InChI is InChI=1S/C14H16Cl2O4/c1-3-18-13(17)7-9-6-10(12(16)8-11(9)15)14(2)19-4-5-20-14/h6,8H,3-5,7H2,1-2H3. The van der Waals surface area contributed by atoms with E-state index in [1.165, 1.54) is 0 Å². The first-order chi connectivity index (χ1) is 9.46. The van der Waals surface area contributed by atoms with Gasteiger partial charge in [0.05, 0.1) is 31.3 Å². The van der Waals surface area contributed by atoms with Gasteiger partial charge in [0.1, 0.15) is 0 Å². The van der Waals surface area contributed by atoms with Crippen molar-refractivity contribution in [2.24, 2.45) is 0 Å². The Hall–Kier alpha value is -0.810. The third kappa shape index (κ3) is 3.26. The van der Waals surface area contributed by atoms with Crippen LogP contribution in [0.4, 0.5) is 0 Å². The van der Waals surface area contributed by atoms with Crippen LogP contribution in [0.3, 0.4) is 0 Å². The molecular formula is C14H16Cl2O4.